The van der Waals surface area contributed by atoms with Gasteiger partial charge in [-0.15, -0.1) is 0 Å². The Hall–Kier alpha value is -1.66. The minimum absolute atomic E-state index is 0.117. The molecule has 1 N–H and O–H groups in total. The second-order valence-corrected chi connectivity index (χ2v) is 6.82. The molecule has 2 aromatic rings. The molecule has 0 aliphatic rings. The molecule has 108 valence electrons. The van der Waals surface area contributed by atoms with E-state index in [9.17, 15) is 13.5 Å². The maximum absolute atomic E-state index is 12.3. The molecule has 0 bridgehead atoms. The summed E-state index contributed by atoms with van der Waals surface area (Å²) >= 11 is 0. The van der Waals surface area contributed by atoms with Crippen molar-refractivity contribution < 1.29 is 17.9 Å². The third-order valence-electron chi connectivity index (χ3n) is 2.81. The van der Waals surface area contributed by atoms with Gasteiger partial charge in [-0.3, -0.25) is 0 Å². The van der Waals surface area contributed by atoms with Crippen molar-refractivity contribution in [1.82, 2.24) is 4.98 Å². The van der Waals surface area contributed by atoms with Crippen LogP contribution in [-0.4, -0.2) is 18.5 Å². The van der Waals surface area contributed by atoms with Crippen LogP contribution < -0.4 is 0 Å². The highest BCUT2D eigenvalue weighted by atomic mass is 32.2. The van der Waals surface area contributed by atoms with Crippen LogP contribution in [-0.2, 0) is 9.84 Å². The summed E-state index contributed by atoms with van der Waals surface area (Å²) in [5, 5.41) is 9.52. The molecule has 5 nitrogen and oxygen atoms in total. The number of hydrogen-bond donors (Lipinski definition) is 1. The molecular weight excluding hydrogens is 278 g/mol. The Morgan fingerprint density at radius 2 is 1.90 bits per heavy atom. The Morgan fingerprint density at radius 1 is 1.25 bits per heavy atom. The molecule has 0 radical (unpaired) electrons. The third-order valence-corrected chi connectivity index (χ3v) is 4.35. The first kappa shape index (κ1) is 14.7. The summed E-state index contributed by atoms with van der Waals surface area (Å²) in [6.07, 6.45) is 0.908. The van der Waals surface area contributed by atoms with Crippen LogP contribution in [0.2, 0.25) is 0 Å². The van der Waals surface area contributed by atoms with Crippen LogP contribution in [0.15, 0.2) is 51.1 Å². The Bertz CT molecular complexity index is 661. The number of benzene rings is 1. The first-order valence-corrected chi connectivity index (χ1v) is 7.83. The monoisotopic (exact) mass is 295 g/mol. The van der Waals surface area contributed by atoms with Crippen LogP contribution in [0.5, 0.6) is 0 Å². The van der Waals surface area contributed by atoms with Gasteiger partial charge in [-0.25, -0.2) is 13.4 Å². The molecule has 1 unspecified atom stereocenters. The highest BCUT2D eigenvalue weighted by Gasteiger charge is 2.25. The van der Waals surface area contributed by atoms with Gasteiger partial charge in [-0.05, 0) is 24.5 Å². The minimum atomic E-state index is -3.77. The van der Waals surface area contributed by atoms with Gasteiger partial charge in [0.2, 0.25) is 0 Å². The van der Waals surface area contributed by atoms with Gasteiger partial charge in [0.15, 0.2) is 5.76 Å². The average Bonchev–Trinajstić information content (AvgIpc) is 2.89. The van der Waals surface area contributed by atoms with E-state index >= 15 is 0 Å². The Kier molecular flexibility index (Phi) is 4.25. The number of nitrogens with zero attached hydrogens (tertiary/aromatic N) is 1. The summed E-state index contributed by atoms with van der Waals surface area (Å²) in [5.41, 5.74) is 0. The molecule has 6 heteroatoms. The van der Waals surface area contributed by atoms with E-state index in [2.05, 4.69) is 4.98 Å². The Morgan fingerprint density at radius 3 is 2.50 bits per heavy atom. The summed E-state index contributed by atoms with van der Waals surface area (Å²) in [6.45, 7) is 3.92. The highest BCUT2D eigenvalue weighted by Crippen LogP contribution is 2.25. The maximum Gasteiger partial charge on any atom is 0.320 e. The van der Waals surface area contributed by atoms with E-state index in [-0.39, 0.29) is 21.8 Å². The number of oxazole rings is 1. The summed E-state index contributed by atoms with van der Waals surface area (Å²) in [6, 6.07) is 7.94. The van der Waals surface area contributed by atoms with Gasteiger partial charge in [0.05, 0.1) is 11.1 Å². The Balaban J connectivity index is 2.29. The molecular formula is C14H17NO4S. The predicted octanol–water partition coefficient (Wildman–Crippen LogP) is 2.59. The van der Waals surface area contributed by atoms with Gasteiger partial charge < -0.3 is 9.52 Å². The summed E-state index contributed by atoms with van der Waals surface area (Å²) in [5.74, 6) is 0.442. The molecule has 0 fully saturated rings. The second-order valence-electron chi connectivity index (χ2n) is 4.99. The zero-order valence-electron chi connectivity index (χ0n) is 11.4. The van der Waals surface area contributed by atoms with Gasteiger partial charge in [-0.2, -0.15) is 0 Å². The predicted molar refractivity (Wildman–Crippen MR) is 72.8 cm³/mol. The van der Waals surface area contributed by atoms with Crippen LogP contribution >= 0.6 is 0 Å². The molecule has 0 aliphatic heterocycles. The van der Waals surface area contributed by atoms with Crippen molar-refractivity contribution in [3.05, 3.63) is 42.3 Å². The number of sulfone groups is 1. The van der Waals surface area contributed by atoms with E-state index in [0.29, 0.717) is 6.42 Å². The number of aliphatic hydroxyl groups is 1. The molecule has 0 amide bonds. The van der Waals surface area contributed by atoms with E-state index in [1.165, 1.54) is 18.3 Å². The molecule has 20 heavy (non-hydrogen) atoms. The van der Waals surface area contributed by atoms with E-state index in [1.54, 1.807) is 18.2 Å². The van der Waals surface area contributed by atoms with Crippen molar-refractivity contribution in [3.8, 4) is 0 Å². The van der Waals surface area contributed by atoms with Crippen molar-refractivity contribution >= 4 is 9.84 Å². The number of aromatic nitrogens is 1. The van der Waals surface area contributed by atoms with E-state index < -0.39 is 15.9 Å². The normalized spacial score (nSPS) is 13.6. The Labute approximate surface area is 118 Å². The van der Waals surface area contributed by atoms with E-state index in [4.69, 9.17) is 4.42 Å². The lowest BCUT2D eigenvalue weighted by molar-refractivity contribution is 0.120. The molecule has 1 aromatic carbocycles. The van der Waals surface area contributed by atoms with Crippen molar-refractivity contribution in [1.29, 1.82) is 0 Å². The van der Waals surface area contributed by atoms with Gasteiger partial charge in [0.1, 0.15) is 6.10 Å². The molecule has 0 spiro atoms. The van der Waals surface area contributed by atoms with Crippen molar-refractivity contribution in [2.75, 3.05) is 0 Å². The zero-order valence-corrected chi connectivity index (χ0v) is 12.2. The van der Waals surface area contributed by atoms with Crippen molar-refractivity contribution in [2.45, 2.75) is 36.5 Å². The van der Waals surface area contributed by atoms with Crippen LogP contribution in [0, 0.1) is 5.92 Å². The highest BCUT2D eigenvalue weighted by molar-refractivity contribution is 7.91. The average molecular weight is 295 g/mol. The fourth-order valence-corrected chi connectivity index (χ4v) is 2.93. The molecule has 1 aromatic heterocycles. The van der Waals surface area contributed by atoms with Crippen molar-refractivity contribution in [2.24, 2.45) is 5.92 Å². The van der Waals surface area contributed by atoms with Gasteiger partial charge in [0, 0.05) is 0 Å². The van der Waals surface area contributed by atoms with Gasteiger partial charge >= 0.3 is 5.22 Å². The van der Waals surface area contributed by atoms with Crippen LogP contribution in [0.3, 0.4) is 0 Å². The van der Waals surface area contributed by atoms with E-state index in [0.717, 1.165) is 0 Å². The van der Waals surface area contributed by atoms with E-state index in [1.807, 2.05) is 13.8 Å². The first-order valence-electron chi connectivity index (χ1n) is 6.35. The standard InChI is InChI=1S/C14H17NO4S/c1-10(2)8-12(16)13-9-15-14(19-13)20(17,18)11-6-4-3-5-7-11/h3-7,9-10,12,16H,8H2,1-2H3. The molecule has 1 heterocycles. The third kappa shape index (κ3) is 3.08. The number of aliphatic hydroxyl groups excluding tert-OH is 1. The molecule has 0 saturated heterocycles. The minimum Gasteiger partial charge on any atom is -0.430 e. The summed E-state index contributed by atoms with van der Waals surface area (Å²) in [7, 11) is -3.77. The molecule has 1 atom stereocenters. The number of hydrogen-bond acceptors (Lipinski definition) is 5. The van der Waals surface area contributed by atoms with Crippen molar-refractivity contribution in [3.63, 3.8) is 0 Å². The van der Waals surface area contributed by atoms with Gasteiger partial charge in [0.25, 0.3) is 9.84 Å². The smallest absolute Gasteiger partial charge is 0.320 e. The topological polar surface area (TPSA) is 80.4 Å². The van der Waals surface area contributed by atoms with Crippen LogP contribution in [0.1, 0.15) is 32.1 Å². The lowest BCUT2D eigenvalue weighted by atomic mass is 10.1. The largest absolute Gasteiger partial charge is 0.430 e. The fraction of sp³-hybridized carbons (Fsp3) is 0.357. The summed E-state index contributed by atoms with van der Waals surface area (Å²) in [4.78, 5) is 3.90. The molecule has 0 saturated carbocycles. The van der Waals surface area contributed by atoms with Crippen LogP contribution in [0.25, 0.3) is 0 Å². The molecule has 2 rings (SSSR count). The lowest BCUT2D eigenvalue weighted by Crippen LogP contribution is -2.02. The zero-order chi connectivity index (χ0) is 14.8. The van der Waals surface area contributed by atoms with Gasteiger partial charge in [-0.1, -0.05) is 32.0 Å². The SMILES string of the molecule is CC(C)CC(O)c1cnc(S(=O)(=O)c2ccccc2)o1. The quantitative estimate of drug-likeness (QED) is 0.917. The lowest BCUT2D eigenvalue weighted by Gasteiger charge is -2.09. The fourth-order valence-electron chi connectivity index (χ4n) is 1.81. The molecule has 0 aliphatic carbocycles. The number of rotatable bonds is 5. The maximum atomic E-state index is 12.3. The summed E-state index contributed by atoms with van der Waals surface area (Å²) < 4.78 is 29.7. The van der Waals surface area contributed by atoms with Crippen LogP contribution in [0.4, 0.5) is 0 Å². The first-order chi connectivity index (χ1) is 9.41. The second kappa shape index (κ2) is 5.76.